The summed E-state index contributed by atoms with van der Waals surface area (Å²) in [4.78, 5) is 10.7. The Labute approximate surface area is 147 Å². The van der Waals surface area contributed by atoms with Crippen LogP contribution in [0.5, 0.6) is 0 Å². The predicted octanol–water partition coefficient (Wildman–Crippen LogP) is 2.86. The largest absolute Gasteiger partial charge is 0.378 e. The van der Waals surface area contributed by atoms with Gasteiger partial charge in [0.15, 0.2) is 0 Å². The van der Waals surface area contributed by atoms with Crippen LogP contribution >= 0.6 is 11.6 Å². The summed E-state index contributed by atoms with van der Waals surface area (Å²) in [6, 6.07) is 8.67. The van der Waals surface area contributed by atoms with E-state index in [-0.39, 0.29) is 6.04 Å². The minimum Gasteiger partial charge on any atom is -0.378 e. The number of aromatic nitrogens is 2. The summed E-state index contributed by atoms with van der Waals surface area (Å²) < 4.78 is 5.75. The van der Waals surface area contributed by atoms with E-state index in [2.05, 4.69) is 20.2 Å². The van der Waals surface area contributed by atoms with Gasteiger partial charge in [-0.1, -0.05) is 23.7 Å². The van der Waals surface area contributed by atoms with Crippen LogP contribution in [0.4, 0.5) is 0 Å². The van der Waals surface area contributed by atoms with E-state index in [4.69, 9.17) is 16.3 Å². The molecule has 0 aliphatic carbocycles. The Balaban J connectivity index is 1.57. The SMILES string of the molecule is Clc1cccc(-c2cnc([C@@H]3COCCN3C3CCNCC3)[nH]2)c1. The van der Waals surface area contributed by atoms with Gasteiger partial charge in [-0.2, -0.15) is 0 Å². The van der Waals surface area contributed by atoms with E-state index < -0.39 is 0 Å². The molecule has 0 unspecified atom stereocenters. The van der Waals surface area contributed by atoms with Crippen LogP contribution in [0.25, 0.3) is 11.3 Å². The van der Waals surface area contributed by atoms with Crippen LogP contribution in [-0.4, -0.2) is 53.8 Å². The fraction of sp³-hybridized carbons (Fsp3) is 0.500. The van der Waals surface area contributed by atoms with Gasteiger partial charge in [0.05, 0.1) is 31.1 Å². The molecule has 2 aliphatic heterocycles. The van der Waals surface area contributed by atoms with Crippen molar-refractivity contribution in [3.63, 3.8) is 0 Å². The van der Waals surface area contributed by atoms with Crippen molar-refractivity contribution in [1.82, 2.24) is 20.2 Å². The maximum Gasteiger partial charge on any atom is 0.126 e. The number of nitrogens with one attached hydrogen (secondary N) is 2. The van der Waals surface area contributed by atoms with Crippen LogP contribution in [0.2, 0.25) is 5.02 Å². The number of hydrogen-bond donors (Lipinski definition) is 2. The second-order valence-corrected chi connectivity index (χ2v) is 6.94. The lowest BCUT2D eigenvalue weighted by Gasteiger charge is -2.41. The number of halogens is 1. The van der Waals surface area contributed by atoms with E-state index in [9.17, 15) is 0 Å². The summed E-state index contributed by atoms with van der Waals surface area (Å²) in [5.41, 5.74) is 2.06. The quantitative estimate of drug-likeness (QED) is 0.897. The molecule has 2 aromatic rings. The first kappa shape index (κ1) is 16.1. The maximum atomic E-state index is 6.11. The van der Waals surface area contributed by atoms with Gasteiger partial charge in [-0.05, 0) is 38.1 Å². The lowest BCUT2D eigenvalue weighted by Crippen LogP contribution is -2.49. The molecule has 0 amide bonds. The summed E-state index contributed by atoms with van der Waals surface area (Å²) in [5.74, 6) is 0.989. The Morgan fingerprint density at radius 3 is 2.96 bits per heavy atom. The van der Waals surface area contributed by atoms with Crippen molar-refractivity contribution in [3.8, 4) is 11.3 Å². The summed E-state index contributed by atoms with van der Waals surface area (Å²) in [7, 11) is 0. The number of rotatable bonds is 3. The normalized spacial score (nSPS) is 23.5. The Hall–Kier alpha value is -1.40. The molecule has 2 aliphatic rings. The fourth-order valence-corrected chi connectivity index (χ4v) is 3.93. The average molecular weight is 347 g/mol. The third-order valence-corrected chi connectivity index (χ3v) is 5.23. The van der Waals surface area contributed by atoms with Crippen molar-refractivity contribution in [2.24, 2.45) is 0 Å². The van der Waals surface area contributed by atoms with Gasteiger partial charge in [0.1, 0.15) is 5.82 Å². The van der Waals surface area contributed by atoms with Gasteiger partial charge in [0.25, 0.3) is 0 Å². The van der Waals surface area contributed by atoms with E-state index in [1.54, 1.807) is 0 Å². The molecule has 128 valence electrons. The summed E-state index contributed by atoms with van der Waals surface area (Å²) in [6.07, 6.45) is 4.28. The van der Waals surface area contributed by atoms with Crippen molar-refractivity contribution in [2.45, 2.75) is 24.9 Å². The highest BCUT2D eigenvalue weighted by Gasteiger charge is 2.32. The van der Waals surface area contributed by atoms with E-state index in [0.717, 1.165) is 48.3 Å². The standard InChI is InChI=1S/C18H23ClN4O/c19-14-3-1-2-13(10-14)16-11-21-18(22-16)17-12-24-9-8-23(17)15-4-6-20-7-5-15/h1-3,10-11,15,17,20H,4-9,12H2,(H,21,22)/t17-/m0/s1. The maximum absolute atomic E-state index is 6.11. The lowest BCUT2D eigenvalue weighted by molar-refractivity contribution is -0.0387. The molecular weight excluding hydrogens is 324 g/mol. The van der Waals surface area contributed by atoms with Crippen molar-refractivity contribution >= 4 is 11.6 Å². The van der Waals surface area contributed by atoms with Crippen LogP contribution in [0.3, 0.4) is 0 Å². The molecule has 0 radical (unpaired) electrons. The molecule has 1 atom stereocenters. The summed E-state index contributed by atoms with van der Waals surface area (Å²) in [5, 5.41) is 4.18. The van der Waals surface area contributed by atoms with Gasteiger partial charge in [-0.15, -0.1) is 0 Å². The molecule has 4 rings (SSSR count). The first-order valence-corrected chi connectivity index (χ1v) is 9.04. The van der Waals surface area contributed by atoms with Crippen LogP contribution in [0, 0.1) is 0 Å². The molecule has 0 spiro atoms. The third-order valence-electron chi connectivity index (χ3n) is 4.99. The molecule has 2 N–H and O–H groups in total. The highest BCUT2D eigenvalue weighted by molar-refractivity contribution is 6.30. The highest BCUT2D eigenvalue weighted by atomic mass is 35.5. The monoisotopic (exact) mass is 346 g/mol. The van der Waals surface area contributed by atoms with Crippen molar-refractivity contribution in [3.05, 3.63) is 41.3 Å². The number of morpholine rings is 1. The molecule has 24 heavy (non-hydrogen) atoms. The summed E-state index contributed by atoms with van der Waals surface area (Å²) >= 11 is 6.11. The van der Waals surface area contributed by atoms with Crippen molar-refractivity contribution in [1.29, 1.82) is 0 Å². The van der Waals surface area contributed by atoms with Crippen LogP contribution in [0.15, 0.2) is 30.5 Å². The van der Waals surface area contributed by atoms with Gasteiger partial charge in [0.2, 0.25) is 0 Å². The molecule has 1 aromatic heterocycles. The molecular formula is C18H23ClN4O. The van der Waals surface area contributed by atoms with Gasteiger partial charge < -0.3 is 15.0 Å². The first-order valence-electron chi connectivity index (χ1n) is 8.66. The number of hydrogen-bond acceptors (Lipinski definition) is 4. The van der Waals surface area contributed by atoms with E-state index in [1.807, 2.05) is 30.5 Å². The van der Waals surface area contributed by atoms with Crippen LogP contribution in [0.1, 0.15) is 24.7 Å². The Bertz CT molecular complexity index is 683. The number of nitrogens with zero attached hydrogens (tertiary/aromatic N) is 2. The molecule has 5 nitrogen and oxygen atoms in total. The van der Waals surface area contributed by atoms with Crippen LogP contribution in [-0.2, 0) is 4.74 Å². The first-order chi connectivity index (χ1) is 11.8. The molecule has 0 saturated carbocycles. The molecule has 2 saturated heterocycles. The van der Waals surface area contributed by atoms with Crippen molar-refractivity contribution < 1.29 is 4.74 Å². The molecule has 2 fully saturated rings. The molecule has 0 bridgehead atoms. The van der Waals surface area contributed by atoms with Gasteiger partial charge in [-0.25, -0.2) is 4.98 Å². The second kappa shape index (κ2) is 7.23. The van der Waals surface area contributed by atoms with Crippen LogP contribution < -0.4 is 5.32 Å². The topological polar surface area (TPSA) is 53.2 Å². The number of piperidine rings is 1. The summed E-state index contributed by atoms with van der Waals surface area (Å²) in [6.45, 7) is 4.68. The molecule has 1 aromatic carbocycles. The zero-order chi connectivity index (χ0) is 16.4. The van der Waals surface area contributed by atoms with E-state index in [0.29, 0.717) is 12.6 Å². The highest BCUT2D eigenvalue weighted by Crippen LogP contribution is 2.29. The number of aromatic amines is 1. The van der Waals surface area contributed by atoms with Gasteiger partial charge >= 0.3 is 0 Å². The molecule has 6 heteroatoms. The number of benzene rings is 1. The minimum absolute atomic E-state index is 0.204. The lowest BCUT2D eigenvalue weighted by atomic mass is 10.0. The zero-order valence-electron chi connectivity index (χ0n) is 13.7. The number of imidazole rings is 1. The fourth-order valence-electron chi connectivity index (χ4n) is 3.74. The third kappa shape index (κ3) is 3.35. The van der Waals surface area contributed by atoms with Gasteiger partial charge in [-0.3, -0.25) is 4.90 Å². The smallest absolute Gasteiger partial charge is 0.126 e. The molecule has 3 heterocycles. The van der Waals surface area contributed by atoms with Crippen molar-refractivity contribution in [2.75, 3.05) is 32.8 Å². The minimum atomic E-state index is 0.204. The average Bonchev–Trinajstić information content (AvgIpc) is 3.12. The Morgan fingerprint density at radius 1 is 1.25 bits per heavy atom. The predicted molar refractivity (Wildman–Crippen MR) is 95.2 cm³/mol. The number of ether oxygens (including phenoxy) is 1. The van der Waals surface area contributed by atoms with Gasteiger partial charge in [0, 0.05) is 23.2 Å². The second-order valence-electron chi connectivity index (χ2n) is 6.50. The Morgan fingerprint density at radius 2 is 2.12 bits per heavy atom. The Kier molecular flexibility index (Phi) is 4.85. The zero-order valence-corrected chi connectivity index (χ0v) is 14.4. The van der Waals surface area contributed by atoms with E-state index >= 15 is 0 Å². The van der Waals surface area contributed by atoms with E-state index in [1.165, 1.54) is 12.8 Å². The number of H-pyrrole nitrogens is 1.